The summed E-state index contributed by atoms with van der Waals surface area (Å²) in [6.07, 6.45) is -4.68. The van der Waals surface area contributed by atoms with E-state index in [2.05, 4.69) is 10.2 Å². The molecular formula is C8H10ClF3N2O. The number of alkyl halides is 3. The SMILES string of the molecule is Cc1cc(NN)cc(OC(F)(F)F)c1.Cl. The predicted molar refractivity (Wildman–Crippen MR) is 52.9 cm³/mol. The van der Waals surface area contributed by atoms with Crippen molar-refractivity contribution >= 4 is 18.1 Å². The van der Waals surface area contributed by atoms with E-state index in [0.717, 1.165) is 0 Å². The van der Waals surface area contributed by atoms with E-state index in [-0.39, 0.29) is 18.2 Å². The minimum absolute atomic E-state index is 0. The lowest BCUT2D eigenvalue weighted by atomic mass is 10.2. The maximum atomic E-state index is 11.8. The number of nitrogens with two attached hydrogens (primary N) is 1. The first-order chi connectivity index (χ1) is 6.40. The van der Waals surface area contributed by atoms with Gasteiger partial charge in [0.1, 0.15) is 5.75 Å². The van der Waals surface area contributed by atoms with Gasteiger partial charge < -0.3 is 10.2 Å². The van der Waals surface area contributed by atoms with E-state index in [9.17, 15) is 13.2 Å². The Morgan fingerprint density at radius 2 is 1.87 bits per heavy atom. The van der Waals surface area contributed by atoms with Gasteiger partial charge in [-0.3, -0.25) is 5.84 Å². The molecule has 0 radical (unpaired) electrons. The fraction of sp³-hybridized carbons (Fsp3) is 0.250. The molecule has 0 bridgehead atoms. The highest BCUT2D eigenvalue weighted by Gasteiger charge is 2.31. The van der Waals surface area contributed by atoms with E-state index >= 15 is 0 Å². The van der Waals surface area contributed by atoms with Crippen molar-refractivity contribution in [1.82, 2.24) is 0 Å². The van der Waals surface area contributed by atoms with Crippen LogP contribution in [0.5, 0.6) is 5.75 Å². The number of hydrazine groups is 1. The summed E-state index contributed by atoms with van der Waals surface area (Å²) in [6, 6.07) is 4.04. The van der Waals surface area contributed by atoms with Crippen LogP contribution in [0.15, 0.2) is 18.2 Å². The Morgan fingerprint density at radius 3 is 2.33 bits per heavy atom. The summed E-state index contributed by atoms with van der Waals surface area (Å²) < 4.78 is 39.2. The van der Waals surface area contributed by atoms with Crippen molar-refractivity contribution in [3.05, 3.63) is 23.8 Å². The van der Waals surface area contributed by atoms with E-state index in [0.29, 0.717) is 11.3 Å². The van der Waals surface area contributed by atoms with E-state index in [1.54, 1.807) is 13.0 Å². The number of benzene rings is 1. The molecule has 3 nitrogen and oxygen atoms in total. The molecule has 0 spiro atoms. The lowest BCUT2D eigenvalue weighted by Gasteiger charge is -2.10. The second-order valence-corrected chi connectivity index (χ2v) is 2.73. The van der Waals surface area contributed by atoms with Crippen LogP contribution in [-0.4, -0.2) is 6.36 Å². The highest BCUT2D eigenvalue weighted by atomic mass is 35.5. The maximum absolute atomic E-state index is 11.8. The highest BCUT2D eigenvalue weighted by molar-refractivity contribution is 5.85. The summed E-state index contributed by atoms with van der Waals surface area (Å²) in [6.45, 7) is 1.64. The number of nitrogens with one attached hydrogen (secondary N) is 1. The summed E-state index contributed by atoms with van der Waals surface area (Å²) in [5.74, 6) is 4.78. The standard InChI is InChI=1S/C8H9F3N2O.ClH/c1-5-2-6(13-12)4-7(3-5)14-8(9,10)11;/h2-4,13H,12H2,1H3;1H. The number of aryl methyl sites for hydroxylation is 1. The molecule has 0 aliphatic carbocycles. The van der Waals surface area contributed by atoms with Crippen molar-refractivity contribution in [1.29, 1.82) is 0 Å². The second kappa shape index (κ2) is 5.09. The molecule has 0 aliphatic rings. The fourth-order valence-corrected chi connectivity index (χ4v) is 1.02. The summed E-state index contributed by atoms with van der Waals surface area (Å²) in [7, 11) is 0. The minimum Gasteiger partial charge on any atom is -0.406 e. The highest BCUT2D eigenvalue weighted by Crippen LogP contribution is 2.26. The number of ether oxygens (including phenoxy) is 1. The lowest BCUT2D eigenvalue weighted by molar-refractivity contribution is -0.274. The van der Waals surface area contributed by atoms with Gasteiger partial charge in [-0.25, -0.2) is 0 Å². The van der Waals surface area contributed by atoms with Crippen LogP contribution >= 0.6 is 12.4 Å². The Labute approximate surface area is 90.8 Å². The number of nitrogen functional groups attached to an aromatic ring is 1. The van der Waals surface area contributed by atoms with Crippen molar-refractivity contribution < 1.29 is 17.9 Å². The van der Waals surface area contributed by atoms with Crippen molar-refractivity contribution in [2.75, 3.05) is 5.43 Å². The second-order valence-electron chi connectivity index (χ2n) is 2.73. The molecule has 7 heteroatoms. The zero-order valence-electron chi connectivity index (χ0n) is 7.76. The Morgan fingerprint density at radius 1 is 1.27 bits per heavy atom. The molecule has 0 unspecified atom stereocenters. The third-order valence-corrected chi connectivity index (χ3v) is 1.45. The molecule has 0 saturated carbocycles. The summed E-state index contributed by atoms with van der Waals surface area (Å²) in [5, 5.41) is 0. The summed E-state index contributed by atoms with van der Waals surface area (Å²) in [5.41, 5.74) is 3.24. The number of rotatable bonds is 2. The van der Waals surface area contributed by atoms with Crippen LogP contribution in [0.2, 0.25) is 0 Å². The topological polar surface area (TPSA) is 47.3 Å². The average molecular weight is 243 g/mol. The first kappa shape index (κ1) is 13.9. The Hall–Kier alpha value is -1.14. The smallest absolute Gasteiger partial charge is 0.406 e. The molecule has 0 heterocycles. The van der Waals surface area contributed by atoms with E-state index in [4.69, 9.17) is 5.84 Å². The lowest BCUT2D eigenvalue weighted by Crippen LogP contribution is -2.17. The molecular weight excluding hydrogens is 233 g/mol. The van der Waals surface area contributed by atoms with Gasteiger partial charge in [0, 0.05) is 6.07 Å². The molecule has 0 amide bonds. The Balaban J connectivity index is 0.00000196. The molecule has 1 rings (SSSR count). The van der Waals surface area contributed by atoms with E-state index in [1.165, 1.54) is 12.1 Å². The predicted octanol–water partition coefficient (Wildman–Crippen LogP) is 2.60. The molecule has 0 aromatic heterocycles. The van der Waals surface area contributed by atoms with Crippen LogP contribution in [0.4, 0.5) is 18.9 Å². The minimum atomic E-state index is -4.68. The number of anilines is 1. The van der Waals surface area contributed by atoms with Gasteiger partial charge in [0.2, 0.25) is 0 Å². The van der Waals surface area contributed by atoms with Gasteiger partial charge in [-0.2, -0.15) is 0 Å². The Kier molecular flexibility index (Phi) is 4.70. The number of halogens is 4. The van der Waals surface area contributed by atoms with Gasteiger partial charge in [-0.15, -0.1) is 25.6 Å². The summed E-state index contributed by atoms with van der Waals surface area (Å²) >= 11 is 0. The zero-order chi connectivity index (χ0) is 10.8. The van der Waals surface area contributed by atoms with Crippen molar-refractivity contribution in [3.63, 3.8) is 0 Å². The number of hydrogen-bond acceptors (Lipinski definition) is 3. The van der Waals surface area contributed by atoms with Crippen LogP contribution in [-0.2, 0) is 0 Å². The fourth-order valence-electron chi connectivity index (χ4n) is 1.02. The quantitative estimate of drug-likeness (QED) is 0.619. The number of hydrogen-bond donors (Lipinski definition) is 2. The molecule has 15 heavy (non-hydrogen) atoms. The van der Waals surface area contributed by atoms with Crippen LogP contribution in [0.3, 0.4) is 0 Å². The monoisotopic (exact) mass is 242 g/mol. The molecule has 0 fully saturated rings. The molecule has 86 valence electrons. The van der Waals surface area contributed by atoms with Crippen molar-refractivity contribution in [3.8, 4) is 5.75 Å². The average Bonchev–Trinajstić information content (AvgIpc) is 1.99. The first-order valence-corrected chi connectivity index (χ1v) is 3.75. The van der Waals surface area contributed by atoms with Crippen LogP contribution < -0.4 is 16.0 Å². The largest absolute Gasteiger partial charge is 0.573 e. The van der Waals surface area contributed by atoms with Crippen LogP contribution in [0.25, 0.3) is 0 Å². The van der Waals surface area contributed by atoms with Gasteiger partial charge in [0.25, 0.3) is 0 Å². The molecule has 1 aromatic rings. The van der Waals surface area contributed by atoms with E-state index < -0.39 is 6.36 Å². The molecule has 0 atom stereocenters. The van der Waals surface area contributed by atoms with Gasteiger partial charge in [-0.1, -0.05) is 0 Å². The summed E-state index contributed by atoms with van der Waals surface area (Å²) in [4.78, 5) is 0. The zero-order valence-corrected chi connectivity index (χ0v) is 8.58. The maximum Gasteiger partial charge on any atom is 0.573 e. The normalized spacial score (nSPS) is 10.5. The first-order valence-electron chi connectivity index (χ1n) is 3.75. The van der Waals surface area contributed by atoms with Crippen LogP contribution in [0.1, 0.15) is 5.56 Å². The van der Waals surface area contributed by atoms with Gasteiger partial charge in [-0.05, 0) is 24.6 Å². The third kappa shape index (κ3) is 4.75. The van der Waals surface area contributed by atoms with Crippen molar-refractivity contribution in [2.45, 2.75) is 13.3 Å². The molecule has 3 N–H and O–H groups in total. The molecule has 0 saturated heterocycles. The van der Waals surface area contributed by atoms with Crippen LogP contribution in [0, 0.1) is 6.92 Å². The van der Waals surface area contributed by atoms with Gasteiger partial charge >= 0.3 is 6.36 Å². The van der Waals surface area contributed by atoms with Gasteiger partial charge in [0.15, 0.2) is 0 Å². The molecule has 0 aliphatic heterocycles. The van der Waals surface area contributed by atoms with Crippen molar-refractivity contribution in [2.24, 2.45) is 5.84 Å². The van der Waals surface area contributed by atoms with Gasteiger partial charge in [0.05, 0.1) is 5.69 Å². The Bertz CT molecular complexity index is 330. The third-order valence-electron chi connectivity index (χ3n) is 1.45. The van der Waals surface area contributed by atoms with E-state index in [1.807, 2.05) is 0 Å². The molecule has 1 aromatic carbocycles.